The molecule has 0 spiro atoms. The number of rotatable bonds is 8. The van der Waals surface area contributed by atoms with Crippen molar-refractivity contribution in [3.63, 3.8) is 0 Å². The highest BCUT2D eigenvalue weighted by Crippen LogP contribution is 2.28. The second kappa shape index (κ2) is 11.3. The summed E-state index contributed by atoms with van der Waals surface area (Å²) in [6.07, 6.45) is 1.34. The number of hydrogen-bond acceptors (Lipinski definition) is 6. The Morgan fingerprint density at radius 1 is 0.946 bits per heavy atom. The summed E-state index contributed by atoms with van der Waals surface area (Å²) < 4.78 is 32.6. The number of halogens is 1. The minimum Gasteiger partial charge on any atom is -0.422 e. The minimum atomic E-state index is -3.86. The maximum atomic E-state index is 12.7. The molecule has 4 rings (SSSR count). The van der Waals surface area contributed by atoms with Crippen LogP contribution in [-0.4, -0.2) is 33.1 Å². The third-order valence-electron chi connectivity index (χ3n) is 5.36. The van der Waals surface area contributed by atoms with E-state index in [0.717, 1.165) is 16.3 Å². The number of benzene rings is 4. The number of carbonyl (C=O) groups excluding carboxylic acids is 2. The van der Waals surface area contributed by atoms with Crippen molar-refractivity contribution in [3.05, 3.63) is 107 Å². The van der Waals surface area contributed by atoms with Gasteiger partial charge in [-0.2, -0.15) is 5.10 Å². The van der Waals surface area contributed by atoms with E-state index in [9.17, 15) is 18.0 Å². The fourth-order valence-electron chi connectivity index (χ4n) is 3.45. The fourth-order valence-corrected chi connectivity index (χ4v) is 4.64. The quantitative estimate of drug-likeness (QED) is 0.150. The first-order chi connectivity index (χ1) is 17.7. The van der Waals surface area contributed by atoms with Crippen molar-refractivity contribution in [1.82, 2.24) is 10.1 Å². The first kappa shape index (κ1) is 26.0. The second-order valence-electron chi connectivity index (χ2n) is 8.00. The van der Waals surface area contributed by atoms with Gasteiger partial charge in [-0.15, -0.1) is 0 Å². The van der Waals surface area contributed by atoms with E-state index in [1.54, 1.807) is 48.5 Å². The van der Waals surface area contributed by atoms with Gasteiger partial charge in [0.05, 0.1) is 28.2 Å². The molecule has 0 saturated heterocycles. The van der Waals surface area contributed by atoms with Crippen LogP contribution in [0, 0.1) is 6.92 Å². The molecule has 0 saturated carbocycles. The average molecular weight is 536 g/mol. The van der Waals surface area contributed by atoms with E-state index in [-0.39, 0.29) is 21.2 Å². The average Bonchev–Trinajstić information content (AvgIpc) is 2.89. The number of hydrazone groups is 1. The van der Waals surface area contributed by atoms with Crippen molar-refractivity contribution in [2.24, 2.45) is 5.10 Å². The molecule has 0 atom stereocenters. The molecular weight excluding hydrogens is 514 g/mol. The molecule has 1 amide bonds. The number of aryl methyl sites for hydroxylation is 1. The third-order valence-corrected chi connectivity index (χ3v) is 7.11. The summed E-state index contributed by atoms with van der Waals surface area (Å²) in [5, 5.41) is 5.80. The van der Waals surface area contributed by atoms with E-state index in [0.29, 0.717) is 5.56 Å². The molecule has 10 heteroatoms. The van der Waals surface area contributed by atoms with E-state index < -0.39 is 28.4 Å². The Balaban J connectivity index is 1.50. The van der Waals surface area contributed by atoms with Crippen molar-refractivity contribution < 1.29 is 22.7 Å². The van der Waals surface area contributed by atoms with Crippen LogP contribution >= 0.6 is 11.6 Å². The summed E-state index contributed by atoms with van der Waals surface area (Å²) in [4.78, 5) is 25.0. The van der Waals surface area contributed by atoms with Crippen LogP contribution in [0.5, 0.6) is 5.75 Å². The maximum absolute atomic E-state index is 12.7. The Labute approximate surface area is 219 Å². The van der Waals surface area contributed by atoms with Crippen molar-refractivity contribution in [1.29, 1.82) is 0 Å². The van der Waals surface area contributed by atoms with Gasteiger partial charge in [-0.1, -0.05) is 71.8 Å². The number of amides is 1. The van der Waals surface area contributed by atoms with Crippen LogP contribution in [0.1, 0.15) is 21.5 Å². The van der Waals surface area contributed by atoms with Crippen LogP contribution in [0.15, 0.2) is 94.9 Å². The molecule has 0 unspecified atom stereocenters. The molecule has 8 nitrogen and oxygen atoms in total. The highest BCUT2D eigenvalue weighted by Gasteiger charge is 2.17. The van der Waals surface area contributed by atoms with Crippen molar-refractivity contribution in [3.8, 4) is 5.75 Å². The third kappa shape index (κ3) is 6.39. The van der Waals surface area contributed by atoms with Gasteiger partial charge in [-0.3, -0.25) is 4.79 Å². The number of carbonyl (C=O) groups is 2. The van der Waals surface area contributed by atoms with Gasteiger partial charge in [-0.05, 0) is 48.0 Å². The molecule has 4 aromatic carbocycles. The molecule has 0 radical (unpaired) electrons. The summed E-state index contributed by atoms with van der Waals surface area (Å²) in [7, 11) is -3.86. The summed E-state index contributed by atoms with van der Waals surface area (Å²) in [5.41, 5.74) is 3.85. The fraction of sp³-hybridized carbons (Fsp3) is 0.0741. The van der Waals surface area contributed by atoms with E-state index in [1.807, 2.05) is 31.2 Å². The van der Waals surface area contributed by atoms with Crippen LogP contribution < -0.4 is 14.9 Å². The Morgan fingerprint density at radius 2 is 1.65 bits per heavy atom. The number of nitrogens with zero attached hydrogens (tertiary/aromatic N) is 1. The zero-order valence-electron chi connectivity index (χ0n) is 19.6. The molecule has 188 valence electrons. The van der Waals surface area contributed by atoms with Gasteiger partial charge in [0.15, 0.2) is 0 Å². The number of sulfonamides is 1. The van der Waals surface area contributed by atoms with Crippen LogP contribution in [0.3, 0.4) is 0 Å². The summed E-state index contributed by atoms with van der Waals surface area (Å²) in [6, 6.07) is 23.6. The lowest BCUT2D eigenvalue weighted by Gasteiger charge is -2.11. The van der Waals surface area contributed by atoms with E-state index in [1.165, 1.54) is 18.3 Å². The number of hydrogen-bond donors (Lipinski definition) is 2. The van der Waals surface area contributed by atoms with Crippen molar-refractivity contribution >= 4 is 50.5 Å². The lowest BCUT2D eigenvalue weighted by atomic mass is 10.0. The first-order valence-corrected chi connectivity index (χ1v) is 13.0. The molecule has 0 aliphatic heterocycles. The lowest BCUT2D eigenvalue weighted by Crippen LogP contribution is -2.34. The SMILES string of the molecule is Cc1ccc(S(=O)(=O)NCC(=O)N/N=C/c2c(OC(=O)c3ccccc3Cl)ccc3ccccc23)cc1. The number of esters is 1. The van der Waals surface area contributed by atoms with Gasteiger partial charge in [0, 0.05) is 5.56 Å². The Morgan fingerprint density at radius 3 is 2.41 bits per heavy atom. The number of fused-ring (bicyclic) bond motifs is 1. The van der Waals surface area contributed by atoms with Gasteiger partial charge < -0.3 is 4.74 Å². The predicted octanol–water partition coefficient (Wildman–Crippen LogP) is 4.45. The minimum absolute atomic E-state index is 0.0510. The van der Waals surface area contributed by atoms with Gasteiger partial charge in [-0.25, -0.2) is 23.4 Å². The smallest absolute Gasteiger partial charge is 0.345 e. The predicted molar refractivity (Wildman–Crippen MR) is 142 cm³/mol. The highest BCUT2D eigenvalue weighted by atomic mass is 35.5. The van der Waals surface area contributed by atoms with Gasteiger partial charge in [0.2, 0.25) is 10.0 Å². The van der Waals surface area contributed by atoms with E-state index in [4.69, 9.17) is 16.3 Å². The molecule has 0 bridgehead atoms. The zero-order chi connectivity index (χ0) is 26.4. The summed E-state index contributed by atoms with van der Waals surface area (Å²) in [5.74, 6) is -1.12. The standard InChI is InChI=1S/C27H22ClN3O5S/c1-18-10-13-20(14-11-18)37(34,35)30-17-26(32)31-29-16-23-21-7-3-2-6-19(21)12-15-25(23)36-27(33)22-8-4-5-9-24(22)28/h2-16,30H,17H2,1H3,(H,31,32)/b29-16+. The molecule has 4 aromatic rings. The van der Waals surface area contributed by atoms with Crippen LogP contribution in [0.4, 0.5) is 0 Å². The molecule has 0 aliphatic rings. The van der Waals surface area contributed by atoms with Gasteiger partial charge >= 0.3 is 5.97 Å². The Bertz CT molecular complexity index is 1600. The molecule has 2 N–H and O–H groups in total. The van der Waals surface area contributed by atoms with Crippen LogP contribution in [0.2, 0.25) is 5.02 Å². The first-order valence-electron chi connectivity index (χ1n) is 11.1. The topological polar surface area (TPSA) is 114 Å². The second-order valence-corrected chi connectivity index (χ2v) is 10.2. The molecule has 0 aliphatic carbocycles. The van der Waals surface area contributed by atoms with Gasteiger partial charge in [0.1, 0.15) is 5.75 Å². The van der Waals surface area contributed by atoms with Crippen molar-refractivity contribution in [2.75, 3.05) is 6.54 Å². The largest absolute Gasteiger partial charge is 0.422 e. The van der Waals surface area contributed by atoms with E-state index in [2.05, 4.69) is 15.2 Å². The molecule has 37 heavy (non-hydrogen) atoms. The van der Waals surface area contributed by atoms with Crippen molar-refractivity contribution in [2.45, 2.75) is 11.8 Å². The highest BCUT2D eigenvalue weighted by molar-refractivity contribution is 7.89. The van der Waals surface area contributed by atoms with Gasteiger partial charge in [0.25, 0.3) is 5.91 Å². The summed E-state index contributed by atoms with van der Waals surface area (Å²) >= 11 is 6.12. The molecule has 0 heterocycles. The normalized spacial score (nSPS) is 11.5. The number of ether oxygens (including phenoxy) is 1. The molecular formula is C27H22ClN3O5S. The maximum Gasteiger partial charge on any atom is 0.345 e. The number of nitrogens with one attached hydrogen (secondary N) is 2. The Hall–Kier alpha value is -4.05. The molecule has 0 aromatic heterocycles. The van der Waals surface area contributed by atoms with Crippen LogP contribution in [-0.2, 0) is 14.8 Å². The van der Waals surface area contributed by atoms with E-state index >= 15 is 0 Å². The summed E-state index contributed by atoms with van der Waals surface area (Å²) in [6.45, 7) is 1.33. The molecule has 0 fully saturated rings. The zero-order valence-corrected chi connectivity index (χ0v) is 21.2. The lowest BCUT2D eigenvalue weighted by molar-refractivity contribution is -0.119. The van der Waals surface area contributed by atoms with Crippen LogP contribution in [0.25, 0.3) is 10.8 Å². The Kier molecular flexibility index (Phi) is 7.98. The monoisotopic (exact) mass is 535 g/mol.